The molecule has 0 unspecified atom stereocenters. The normalized spacial score (nSPS) is 13.8. The summed E-state index contributed by atoms with van der Waals surface area (Å²) < 4.78 is 13.1. The van der Waals surface area contributed by atoms with Gasteiger partial charge < -0.3 is 16.0 Å². The Morgan fingerprint density at radius 3 is 2.55 bits per heavy atom. The molecular weight excluding hydrogens is 397 g/mol. The molecule has 0 atom stereocenters. The fourth-order valence-corrected chi connectivity index (χ4v) is 3.37. The Hall–Kier alpha value is -3.98. The summed E-state index contributed by atoms with van der Waals surface area (Å²) in [6.07, 6.45) is 6.71. The second-order valence-electron chi connectivity index (χ2n) is 7.37. The summed E-state index contributed by atoms with van der Waals surface area (Å²) in [5.41, 5.74) is 7.51. The molecule has 1 fully saturated rings. The molecule has 1 saturated heterocycles. The number of nitrogens with one attached hydrogen (secondary N) is 1. The molecule has 1 amide bonds. The van der Waals surface area contributed by atoms with Gasteiger partial charge in [0.1, 0.15) is 23.1 Å². The lowest BCUT2D eigenvalue weighted by Crippen LogP contribution is -2.56. The summed E-state index contributed by atoms with van der Waals surface area (Å²) in [6, 6.07) is 9.12. The zero-order valence-corrected chi connectivity index (χ0v) is 16.4. The first kappa shape index (κ1) is 19.0. The van der Waals surface area contributed by atoms with E-state index in [0.717, 1.165) is 29.7 Å². The third kappa shape index (κ3) is 3.90. The number of rotatable bonds is 4. The average Bonchev–Trinajstić information content (AvgIpc) is 2.77. The number of benzene rings is 1. The highest BCUT2D eigenvalue weighted by Crippen LogP contribution is 2.24. The number of hydrogen-bond acceptors (Lipinski definition) is 7. The van der Waals surface area contributed by atoms with Crippen LogP contribution in [0, 0.1) is 5.82 Å². The van der Waals surface area contributed by atoms with Gasteiger partial charge >= 0.3 is 0 Å². The van der Waals surface area contributed by atoms with Gasteiger partial charge in [-0.2, -0.15) is 0 Å². The fourth-order valence-electron chi connectivity index (χ4n) is 3.37. The largest absolute Gasteiger partial charge is 0.352 e. The number of fused-ring (bicyclic) bond motifs is 1. The minimum atomic E-state index is -0.399. The molecule has 154 valence electrons. The maximum atomic E-state index is 13.1. The van der Waals surface area contributed by atoms with Crippen molar-refractivity contribution in [3.8, 4) is 11.4 Å². The number of pyridine rings is 2. The van der Waals surface area contributed by atoms with Crippen molar-refractivity contribution in [2.24, 2.45) is 5.73 Å². The van der Waals surface area contributed by atoms with Crippen molar-refractivity contribution in [1.29, 1.82) is 0 Å². The van der Waals surface area contributed by atoms with Gasteiger partial charge in [0.25, 0.3) is 5.91 Å². The van der Waals surface area contributed by atoms with Gasteiger partial charge in [-0.15, -0.1) is 0 Å². The van der Waals surface area contributed by atoms with Crippen molar-refractivity contribution in [1.82, 2.24) is 19.9 Å². The molecule has 0 bridgehead atoms. The van der Waals surface area contributed by atoms with Gasteiger partial charge in [-0.3, -0.25) is 14.8 Å². The van der Waals surface area contributed by atoms with Crippen LogP contribution < -0.4 is 16.0 Å². The van der Waals surface area contributed by atoms with E-state index in [1.165, 1.54) is 24.3 Å². The Balaban J connectivity index is 1.41. The standard InChI is InChI=1S/C22H18FN7O/c23-16-3-1-13(2-4-16)22(31)29-20-6-14-5-18(26-7-15(14)8-27-20)19-9-25-10-21(28-19)30-11-17(24)12-30/h1-10,17H,11-12,24H2,(H,27,29,31). The van der Waals surface area contributed by atoms with E-state index in [0.29, 0.717) is 22.8 Å². The molecule has 31 heavy (non-hydrogen) atoms. The molecule has 8 nitrogen and oxygen atoms in total. The van der Waals surface area contributed by atoms with Crippen LogP contribution in [0.5, 0.6) is 0 Å². The summed E-state index contributed by atoms with van der Waals surface area (Å²) in [4.78, 5) is 32.1. The van der Waals surface area contributed by atoms with Gasteiger partial charge in [-0.05, 0) is 41.8 Å². The van der Waals surface area contributed by atoms with E-state index in [9.17, 15) is 9.18 Å². The molecule has 1 aliphatic heterocycles. The number of nitrogens with two attached hydrogens (primary N) is 1. The van der Waals surface area contributed by atoms with E-state index in [1.54, 1.807) is 30.9 Å². The minimum absolute atomic E-state index is 0.167. The molecule has 9 heteroatoms. The number of hydrogen-bond donors (Lipinski definition) is 2. The predicted molar refractivity (Wildman–Crippen MR) is 115 cm³/mol. The lowest BCUT2D eigenvalue weighted by molar-refractivity contribution is 0.102. The Morgan fingerprint density at radius 2 is 1.77 bits per heavy atom. The van der Waals surface area contributed by atoms with Crippen molar-refractivity contribution < 1.29 is 9.18 Å². The van der Waals surface area contributed by atoms with E-state index < -0.39 is 5.82 Å². The number of carbonyl (C=O) groups excluding carboxylic acids is 1. The van der Waals surface area contributed by atoms with Crippen LogP contribution in [0.15, 0.2) is 61.2 Å². The van der Waals surface area contributed by atoms with Gasteiger partial charge in [0.05, 0.1) is 18.1 Å². The number of anilines is 2. The average molecular weight is 415 g/mol. The predicted octanol–water partition coefficient (Wildman–Crippen LogP) is 2.63. The first-order valence-electron chi connectivity index (χ1n) is 9.71. The van der Waals surface area contributed by atoms with Crippen molar-refractivity contribution in [3.63, 3.8) is 0 Å². The first-order chi connectivity index (χ1) is 15.0. The third-order valence-corrected chi connectivity index (χ3v) is 5.07. The highest BCUT2D eigenvalue weighted by molar-refractivity contribution is 6.04. The summed E-state index contributed by atoms with van der Waals surface area (Å²) >= 11 is 0. The van der Waals surface area contributed by atoms with Crippen LogP contribution in [0.25, 0.3) is 22.2 Å². The van der Waals surface area contributed by atoms with Crippen molar-refractivity contribution in [2.75, 3.05) is 23.3 Å². The lowest BCUT2D eigenvalue weighted by atomic mass is 10.1. The zero-order chi connectivity index (χ0) is 21.4. The maximum Gasteiger partial charge on any atom is 0.256 e. The Morgan fingerprint density at radius 1 is 1.00 bits per heavy atom. The molecule has 1 aromatic carbocycles. The van der Waals surface area contributed by atoms with Gasteiger partial charge in [0, 0.05) is 42.5 Å². The molecule has 1 aliphatic rings. The van der Waals surface area contributed by atoms with E-state index in [2.05, 4.69) is 30.2 Å². The Kier molecular flexibility index (Phi) is 4.72. The molecule has 4 heterocycles. The number of amides is 1. The molecule has 5 rings (SSSR count). The smallest absolute Gasteiger partial charge is 0.256 e. The van der Waals surface area contributed by atoms with Crippen LogP contribution in [0.1, 0.15) is 10.4 Å². The number of halogens is 1. The van der Waals surface area contributed by atoms with Crippen molar-refractivity contribution in [2.45, 2.75) is 6.04 Å². The second-order valence-corrected chi connectivity index (χ2v) is 7.37. The van der Waals surface area contributed by atoms with Gasteiger partial charge in [-0.25, -0.2) is 14.4 Å². The Labute approximate surface area is 177 Å². The van der Waals surface area contributed by atoms with Crippen LogP contribution in [0.3, 0.4) is 0 Å². The van der Waals surface area contributed by atoms with Crippen molar-refractivity contribution in [3.05, 3.63) is 72.6 Å². The van der Waals surface area contributed by atoms with Gasteiger partial charge in [0.2, 0.25) is 0 Å². The maximum absolute atomic E-state index is 13.1. The fraction of sp³-hybridized carbons (Fsp3) is 0.136. The van der Waals surface area contributed by atoms with E-state index in [1.807, 2.05) is 6.07 Å². The molecule has 0 radical (unpaired) electrons. The minimum Gasteiger partial charge on any atom is -0.352 e. The lowest BCUT2D eigenvalue weighted by Gasteiger charge is -2.37. The Bertz CT molecular complexity index is 1270. The van der Waals surface area contributed by atoms with Gasteiger partial charge in [-0.1, -0.05) is 0 Å². The van der Waals surface area contributed by atoms with Crippen LogP contribution in [-0.4, -0.2) is 45.0 Å². The highest BCUT2D eigenvalue weighted by atomic mass is 19.1. The molecule has 3 N–H and O–H groups in total. The molecule has 3 aromatic heterocycles. The van der Waals surface area contributed by atoms with E-state index >= 15 is 0 Å². The van der Waals surface area contributed by atoms with Crippen LogP contribution in [0.2, 0.25) is 0 Å². The molecule has 0 aliphatic carbocycles. The monoisotopic (exact) mass is 415 g/mol. The van der Waals surface area contributed by atoms with Gasteiger partial charge in [0.15, 0.2) is 0 Å². The zero-order valence-electron chi connectivity index (χ0n) is 16.4. The second kappa shape index (κ2) is 7.69. The number of carbonyl (C=O) groups is 1. The third-order valence-electron chi connectivity index (χ3n) is 5.07. The topological polar surface area (TPSA) is 110 Å². The number of aromatic nitrogens is 4. The van der Waals surface area contributed by atoms with E-state index in [-0.39, 0.29) is 11.9 Å². The summed E-state index contributed by atoms with van der Waals surface area (Å²) in [7, 11) is 0. The highest BCUT2D eigenvalue weighted by Gasteiger charge is 2.24. The van der Waals surface area contributed by atoms with Crippen molar-refractivity contribution >= 4 is 28.3 Å². The SMILES string of the molecule is NC1CN(c2cncc(-c3cc4cc(NC(=O)c5ccc(F)cc5)ncc4cn3)n2)C1. The van der Waals surface area contributed by atoms with Crippen LogP contribution in [-0.2, 0) is 0 Å². The summed E-state index contributed by atoms with van der Waals surface area (Å²) in [6.45, 7) is 1.51. The first-order valence-corrected chi connectivity index (χ1v) is 9.71. The van der Waals surface area contributed by atoms with Crippen LogP contribution >= 0.6 is 0 Å². The van der Waals surface area contributed by atoms with E-state index in [4.69, 9.17) is 5.73 Å². The molecule has 0 saturated carbocycles. The van der Waals surface area contributed by atoms with Crippen LogP contribution in [0.4, 0.5) is 16.0 Å². The molecule has 0 spiro atoms. The quantitative estimate of drug-likeness (QED) is 0.527. The summed E-state index contributed by atoms with van der Waals surface area (Å²) in [5, 5.41) is 4.39. The molecule has 4 aromatic rings. The summed E-state index contributed by atoms with van der Waals surface area (Å²) in [5.74, 6) is 0.383. The number of nitrogens with zero attached hydrogens (tertiary/aromatic N) is 5. The molecular formula is C22H18FN7O.